The van der Waals surface area contributed by atoms with Crippen molar-refractivity contribution in [2.45, 2.75) is 25.7 Å². The van der Waals surface area contributed by atoms with Crippen LogP contribution in [0.4, 0.5) is 5.69 Å². The number of carboxylic acid groups (broad SMARTS) is 2. The van der Waals surface area contributed by atoms with Crippen LogP contribution >= 0.6 is 0 Å². The molecule has 0 spiro atoms. The van der Waals surface area contributed by atoms with Crippen LogP contribution in [-0.2, 0) is 9.59 Å². The first-order chi connectivity index (χ1) is 9.99. The Kier molecular flexibility index (Phi) is 4.57. The summed E-state index contributed by atoms with van der Waals surface area (Å²) < 4.78 is 0. The van der Waals surface area contributed by atoms with Gasteiger partial charge in [-0.25, -0.2) is 4.79 Å². The van der Waals surface area contributed by atoms with Gasteiger partial charge in [-0.3, -0.25) is 9.59 Å². The standard InChI is InChI=1S/C15H17NO5/c17-13(11-3-1-2-4-12(11)15(20)21)16-10-7-5-9(6-8-10)14(18)19/h5-8,11-12H,1-4H2,(H,16,17)(H,18,19)(H,20,21)/t11-,12-/m0/s1. The predicted octanol–water partition coefficient (Wildman–Crippen LogP) is 2.21. The van der Waals surface area contributed by atoms with E-state index in [-0.39, 0.29) is 11.5 Å². The zero-order chi connectivity index (χ0) is 15.4. The van der Waals surface area contributed by atoms with Gasteiger partial charge in [0.15, 0.2) is 0 Å². The molecule has 0 bridgehead atoms. The minimum Gasteiger partial charge on any atom is -0.481 e. The molecular formula is C15H17NO5. The van der Waals surface area contributed by atoms with Gasteiger partial charge in [-0.1, -0.05) is 12.8 Å². The van der Waals surface area contributed by atoms with E-state index in [1.54, 1.807) is 0 Å². The van der Waals surface area contributed by atoms with Gasteiger partial charge in [0, 0.05) is 5.69 Å². The maximum Gasteiger partial charge on any atom is 0.335 e. The number of carbonyl (C=O) groups excluding carboxylic acids is 1. The normalized spacial score (nSPS) is 21.5. The highest BCUT2D eigenvalue weighted by Gasteiger charge is 2.35. The Balaban J connectivity index is 2.05. The van der Waals surface area contributed by atoms with E-state index in [4.69, 9.17) is 5.11 Å². The zero-order valence-corrected chi connectivity index (χ0v) is 11.4. The Hall–Kier alpha value is -2.37. The summed E-state index contributed by atoms with van der Waals surface area (Å²) in [6.45, 7) is 0. The van der Waals surface area contributed by atoms with Crippen LogP contribution in [0, 0.1) is 11.8 Å². The highest BCUT2D eigenvalue weighted by molar-refractivity contribution is 5.96. The van der Waals surface area contributed by atoms with Crippen molar-refractivity contribution in [2.24, 2.45) is 11.8 Å². The SMILES string of the molecule is O=C(O)c1ccc(NC(=O)[C@H]2CCCC[C@@H]2C(=O)O)cc1. The molecule has 1 aromatic rings. The van der Waals surface area contributed by atoms with Crippen LogP contribution in [0.1, 0.15) is 36.0 Å². The average Bonchev–Trinajstić information content (AvgIpc) is 2.47. The monoisotopic (exact) mass is 291 g/mol. The second kappa shape index (κ2) is 6.39. The summed E-state index contributed by atoms with van der Waals surface area (Å²) in [5, 5.41) is 20.6. The highest BCUT2D eigenvalue weighted by atomic mass is 16.4. The lowest BCUT2D eigenvalue weighted by atomic mass is 9.78. The van der Waals surface area contributed by atoms with Crippen molar-refractivity contribution in [1.82, 2.24) is 0 Å². The van der Waals surface area contributed by atoms with Gasteiger partial charge < -0.3 is 15.5 Å². The molecule has 2 atom stereocenters. The molecule has 112 valence electrons. The number of benzene rings is 1. The second-order valence-corrected chi connectivity index (χ2v) is 5.21. The van der Waals surface area contributed by atoms with Gasteiger partial charge in [-0.2, -0.15) is 0 Å². The quantitative estimate of drug-likeness (QED) is 0.789. The number of carbonyl (C=O) groups is 3. The highest BCUT2D eigenvalue weighted by Crippen LogP contribution is 2.31. The summed E-state index contributed by atoms with van der Waals surface area (Å²) in [4.78, 5) is 34.2. The molecule has 2 rings (SSSR count). The number of nitrogens with one attached hydrogen (secondary N) is 1. The minimum absolute atomic E-state index is 0.133. The van der Waals surface area contributed by atoms with E-state index in [2.05, 4.69) is 5.32 Å². The van der Waals surface area contributed by atoms with Crippen molar-refractivity contribution in [1.29, 1.82) is 0 Å². The second-order valence-electron chi connectivity index (χ2n) is 5.21. The van der Waals surface area contributed by atoms with Crippen molar-refractivity contribution in [3.8, 4) is 0 Å². The Bertz CT molecular complexity index is 552. The molecule has 6 nitrogen and oxygen atoms in total. The number of hydrogen-bond acceptors (Lipinski definition) is 3. The third-order valence-electron chi connectivity index (χ3n) is 3.82. The fraction of sp³-hybridized carbons (Fsp3) is 0.400. The summed E-state index contributed by atoms with van der Waals surface area (Å²) in [5.74, 6) is -3.46. The van der Waals surface area contributed by atoms with Gasteiger partial charge in [0.1, 0.15) is 0 Å². The molecule has 1 aliphatic carbocycles. The molecule has 1 aliphatic rings. The molecular weight excluding hydrogens is 274 g/mol. The van der Waals surface area contributed by atoms with E-state index in [1.165, 1.54) is 24.3 Å². The van der Waals surface area contributed by atoms with Crippen LogP contribution in [0.3, 0.4) is 0 Å². The molecule has 0 aliphatic heterocycles. The van der Waals surface area contributed by atoms with Gasteiger partial charge in [0.05, 0.1) is 17.4 Å². The molecule has 0 heterocycles. The molecule has 0 saturated heterocycles. The van der Waals surface area contributed by atoms with Crippen molar-refractivity contribution in [3.05, 3.63) is 29.8 Å². The van der Waals surface area contributed by atoms with Gasteiger partial charge in [0.2, 0.25) is 5.91 Å². The van der Waals surface area contributed by atoms with Crippen LogP contribution < -0.4 is 5.32 Å². The van der Waals surface area contributed by atoms with Gasteiger partial charge in [-0.05, 0) is 37.1 Å². The fourth-order valence-corrected chi connectivity index (χ4v) is 2.67. The molecule has 1 amide bonds. The minimum atomic E-state index is -1.04. The summed E-state index contributed by atoms with van der Waals surface area (Å²) in [7, 11) is 0. The number of anilines is 1. The van der Waals surface area contributed by atoms with E-state index in [0.29, 0.717) is 18.5 Å². The lowest BCUT2D eigenvalue weighted by Gasteiger charge is -2.27. The Morgan fingerprint density at radius 1 is 0.952 bits per heavy atom. The number of amides is 1. The third-order valence-corrected chi connectivity index (χ3v) is 3.82. The summed E-state index contributed by atoms with van der Waals surface area (Å²) in [6.07, 6.45) is 2.76. The van der Waals surface area contributed by atoms with Crippen molar-refractivity contribution in [3.63, 3.8) is 0 Å². The van der Waals surface area contributed by atoms with Gasteiger partial charge in [0.25, 0.3) is 0 Å². The Morgan fingerprint density at radius 2 is 1.52 bits per heavy atom. The number of rotatable bonds is 4. The lowest BCUT2D eigenvalue weighted by molar-refractivity contribution is -0.147. The Morgan fingerprint density at radius 3 is 2.05 bits per heavy atom. The topological polar surface area (TPSA) is 104 Å². The number of aromatic carboxylic acids is 1. The number of aliphatic carboxylic acids is 1. The van der Waals surface area contributed by atoms with E-state index in [0.717, 1.165) is 12.8 Å². The predicted molar refractivity (Wildman–Crippen MR) is 75.1 cm³/mol. The average molecular weight is 291 g/mol. The van der Waals surface area contributed by atoms with Gasteiger partial charge >= 0.3 is 11.9 Å². The van der Waals surface area contributed by atoms with Crippen molar-refractivity contribution < 1.29 is 24.6 Å². The number of hydrogen-bond donors (Lipinski definition) is 3. The fourth-order valence-electron chi connectivity index (χ4n) is 2.67. The smallest absolute Gasteiger partial charge is 0.335 e. The first-order valence-corrected chi connectivity index (χ1v) is 6.86. The maximum atomic E-state index is 12.2. The molecule has 0 aromatic heterocycles. The molecule has 1 fully saturated rings. The van der Waals surface area contributed by atoms with Crippen LogP contribution in [0.25, 0.3) is 0 Å². The lowest BCUT2D eigenvalue weighted by Crippen LogP contribution is -2.36. The largest absolute Gasteiger partial charge is 0.481 e. The molecule has 0 radical (unpaired) electrons. The third kappa shape index (κ3) is 3.59. The maximum absolute atomic E-state index is 12.2. The van der Waals surface area contributed by atoms with E-state index in [9.17, 15) is 19.5 Å². The van der Waals surface area contributed by atoms with Crippen LogP contribution in [0.2, 0.25) is 0 Å². The summed E-state index contributed by atoms with van der Waals surface area (Å²) in [5.41, 5.74) is 0.605. The van der Waals surface area contributed by atoms with E-state index < -0.39 is 23.8 Å². The first kappa shape index (κ1) is 15.0. The molecule has 0 unspecified atom stereocenters. The first-order valence-electron chi connectivity index (χ1n) is 6.86. The zero-order valence-electron chi connectivity index (χ0n) is 11.4. The Labute approximate surface area is 121 Å². The summed E-state index contributed by atoms with van der Waals surface area (Å²) >= 11 is 0. The number of carboxylic acids is 2. The summed E-state index contributed by atoms with van der Waals surface area (Å²) in [6, 6.07) is 5.79. The van der Waals surface area contributed by atoms with Crippen molar-refractivity contribution >= 4 is 23.5 Å². The van der Waals surface area contributed by atoms with Crippen molar-refractivity contribution in [2.75, 3.05) is 5.32 Å². The van der Waals surface area contributed by atoms with E-state index >= 15 is 0 Å². The molecule has 1 saturated carbocycles. The molecule has 1 aromatic carbocycles. The molecule has 21 heavy (non-hydrogen) atoms. The molecule has 3 N–H and O–H groups in total. The van der Waals surface area contributed by atoms with Crippen LogP contribution in [0.5, 0.6) is 0 Å². The van der Waals surface area contributed by atoms with Gasteiger partial charge in [-0.15, -0.1) is 0 Å². The van der Waals surface area contributed by atoms with Crippen LogP contribution in [-0.4, -0.2) is 28.1 Å². The van der Waals surface area contributed by atoms with E-state index in [1.807, 2.05) is 0 Å². The van der Waals surface area contributed by atoms with Crippen LogP contribution in [0.15, 0.2) is 24.3 Å². The molecule has 6 heteroatoms.